The number of fused-ring (bicyclic) bond motifs is 1. The molecule has 4 rings (SSSR count). The molecule has 0 aliphatic rings. The van der Waals surface area contributed by atoms with E-state index in [1.807, 2.05) is 6.07 Å². The molecule has 0 aliphatic heterocycles. The van der Waals surface area contributed by atoms with E-state index in [0.29, 0.717) is 21.7 Å². The van der Waals surface area contributed by atoms with E-state index in [4.69, 9.17) is 0 Å². The molecule has 7 nitrogen and oxygen atoms in total. The molecule has 0 saturated carbocycles. The van der Waals surface area contributed by atoms with E-state index in [2.05, 4.69) is 26.3 Å². The van der Waals surface area contributed by atoms with Crippen LogP contribution in [0.2, 0.25) is 0 Å². The fraction of sp³-hybridized carbons (Fsp3) is 0.0625. The average molecular weight is 351 g/mol. The molecule has 0 aliphatic carbocycles. The molecule has 0 amide bonds. The highest BCUT2D eigenvalue weighted by Crippen LogP contribution is 2.35. The van der Waals surface area contributed by atoms with E-state index >= 15 is 0 Å². The molecule has 0 N–H and O–H groups in total. The Morgan fingerprint density at radius 3 is 2.88 bits per heavy atom. The molecule has 0 aromatic carbocycles. The fourth-order valence-corrected chi connectivity index (χ4v) is 3.39. The van der Waals surface area contributed by atoms with E-state index < -0.39 is 5.82 Å². The first-order valence-corrected chi connectivity index (χ1v) is 8.04. The van der Waals surface area contributed by atoms with Crippen LogP contribution in [0.1, 0.15) is 5.56 Å². The first-order chi connectivity index (χ1) is 12.2. The summed E-state index contributed by atoms with van der Waals surface area (Å²) in [5.41, 5.74) is 2.42. The second-order valence-electron chi connectivity index (χ2n) is 5.17. The third-order valence-electron chi connectivity index (χ3n) is 3.52. The van der Waals surface area contributed by atoms with E-state index in [-0.39, 0.29) is 5.03 Å². The van der Waals surface area contributed by atoms with Crippen molar-refractivity contribution < 1.29 is 4.39 Å². The Morgan fingerprint density at radius 1 is 1.28 bits per heavy atom. The maximum absolute atomic E-state index is 14.0. The van der Waals surface area contributed by atoms with Crippen LogP contribution in [-0.4, -0.2) is 29.6 Å². The summed E-state index contributed by atoms with van der Waals surface area (Å²) in [6.45, 7) is 0. The first-order valence-electron chi connectivity index (χ1n) is 7.22. The van der Waals surface area contributed by atoms with Crippen molar-refractivity contribution in [3.05, 3.63) is 54.4 Å². The topological polar surface area (TPSA) is 84.7 Å². The van der Waals surface area contributed by atoms with Crippen LogP contribution >= 0.6 is 11.8 Å². The number of halogens is 1. The van der Waals surface area contributed by atoms with E-state index in [1.54, 1.807) is 24.0 Å². The number of hydrogen-bond donors (Lipinski definition) is 0. The summed E-state index contributed by atoms with van der Waals surface area (Å²) in [6, 6.07) is 6.83. The van der Waals surface area contributed by atoms with Crippen LogP contribution in [0.25, 0.3) is 16.8 Å². The van der Waals surface area contributed by atoms with Gasteiger partial charge in [0.05, 0.1) is 23.5 Å². The van der Waals surface area contributed by atoms with Crippen molar-refractivity contribution in [2.45, 2.75) is 9.92 Å². The lowest BCUT2D eigenvalue weighted by molar-refractivity contribution is 0.588. The van der Waals surface area contributed by atoms with Crippen LogP contribution < -0.4 is 0 Å². The van der Waals surface area contributed by atoms with Crippen LogP contribution in [0, 0.1) is 17.1 Å². The zero-order valence-electron chi connectivity index (χ0n) is 13.0. The van der Waals surface area contributed by atoms with E-state index in [9.17, 15) is 9.65 Å². The minimum absolute atomic E-state index is 0.228. The smallest absolute Gasteiger partial charge is 0.155 e. The molecule has 25 heavy (non-hydrogen) atoms. The Balaban J connectivity index is 1.92. The maximum atomic E-state index is 14.0. The van der Waals surface area contributed by atoms with Gasteiger partial charge < -0.3 is 0 Å². The van der Waals surface area contributed by atoms with Gasteiger partial charge in [-0.05, 0) is 18.2 Å². The van der Waals surface area contributed by atoms with Gasteiger partial charge >= 0.3 is 0 Å². The molecule has 0 bridgehead atoms. The number of rotatable bonds is 3. The predicted molar refractivity (Wildman–Crippen MR) is 88.2 cm³/mol. The number of aromatic nitrogens is 6. The Morgan fingerprint density at radius 2 is 2.16 bits per heavy atom. The molecule has 0 atom stereocenters. The quantitative estimate of drug-likeness (QED) is 0.564. The van der Waals surface area contributed by atoms with Gasteiger partial charge in [-0.25, -0.2) is 13.9 Å². The van der Waals surface area contributed by atoms with Crippen LogP contribution in [-0.2, 0) is 7.05 Å². The summed E-state index contributed by atoms with van der Waals surface area (Å²) >= 11 is 1.14. The zero-order valence-corrected chi connectivity index (χ0v) is 13.8. The third kappa shape index (κ3) is 2.72. The Bertz CT molecular complexity index is 1130. The molecule has 0 fully saturated rings. The SMILES string of the molecule is Cn1ncc(-c2cc(Sc3ncccc3F)c3c(C#N)cnn3c2)n1. The second kappa shape index (κ2) is 5.99. The predicted octanol–water partition coefficient (Wildman–Crippen LogP) is 2.69. The largest absolute Gasteiger partial charge is 0.246 e. The molecule has 0 spiro atoms. The van der Waals surface area contributed by atoms with E-state index in [1.165, 1.54) is 29.3 Å². The molecule has 4 aromatic rings. The number of pyridine rings is 2. The number of nitriles is 1. The Hall–Kier alpha value is -3.25. The molecule has 4 aromatic heterocycles. The number of aryl methyl sites for hydroxylation is 1. The highest BCUT2D eigenvalue weighted by atomic mass is 32.2. The second-order valence-corrected chi connectivity index (χ2v) is 6.20. The van der Waals surface area contributed by atoms with Crippen LogP contribution in [0.15, 0.2) is 52.9 Å². The van der Waals surface area contributed by atoms with Gasteiger partial charge in [0.25, 0.3) is 0 Å². The minimum atomic E-state index is -0.423. The first kappa shape index (κ1) is 15.3. The van der Waals surface area contributed by atoms with Crippen molar-refractivity contribution in [2.24, 2.45) is 7.05 Å². The number of hydrogen-bond acceptors (Lipinski definition) is 6. The Labute approximate surface area is 145 Å². The summed E-state index contributed by atoms with van der Waals surface area (Å²) in [6.07, 6.45) is 6.40. The van der Waals surface area contributed by atoms with Crippen molar-refractivity contribution in [2.75, 3.05) is 0 Å². The van der Waals surface area contributed by atoms with Crippen LogP contribution in [0.3, 0.4) is 0 Å². The molecule has 122 valence electrons. The van der Waals surface area contributed by atoms with Gasteiger partial charge in [-0.3, -0.25) is 0 Å². The lowest BCUT2D eigenvalue weighted by Crippen LogP contribution is -1.95. The lowest BCUT2D eigenvalue weighted by atomic mass is 10.2. The summed E-state index contributed by atoms with van der Waals surface area (Å²) in [5.74, 6) is -0.423. The van der Waals surface area contributed by atoms with Gasteiger partial charge in [0, 0.05) is 29.9 Å². The van der Waals surface area contributed by atoms with Gasteiger partial charge in [0.1, 0.15) is 16.8 Å². The minimum Gasteiger partial charge on any atom is -0.246 e. The average Bonchev–Trinajstić information content (AvgIpc) is 3.23. The molecule has 4 heterocycles. The lowest BCUT2D eigenvalue weighted by Gasteiger charge is -2.07. The summed E-state index contributed by atoms with van der Waals surface area (Å²) < 4.78 is 15.6. The highest BCUT2D eigenvalue weighted by molar-refractivity contribution is 7.99. The van der Waals surface area contributed by atoms with Gasteiger partial charge in [0.2, 0.25) is 0 Å². The standard InChI is InChI=1S/C16H10FN7S/c1-23-20-8-13(22-23)10-5-14(25-16-12(17)3-2-4-19-16)15-11(6-18)7-21-24(15)9-10/h2-5,7-9H,1H3. The number of nitrogens with zero attached hydrogens (tertiary/aromatic N) is 7. The monoisotopic (exact) mass is 351 g/mol. The summed E-state index contributed by atoms with van der Waals surface area (Å²) in [7, 11) is 1.72. The Kier molecular flexibility index (Phi) is 3.66. The highest BCUT2D eigenvalue weighted by Gasteiger charge is 2.16. The molecule has 9 heteroatoms. The van der Waals surface area contributed by atoms with Crippen molar-refractivity contribution in [3.8, 4) is 17.3 Å². The van der Waals surface area contributed by atoms with E-state index in [0.717, 1.165) is 17.3 Å². The molecule has 0 unspecified atom stereocenters. The molecular weight excluding hydrogens is 341 g/mol. The molecule has 0 saturated heterocycles. The van der Waals surface area contributed by atoms with Gasteiger partial charge in [-0.2, -0.15) is 25.4 Å². The van der Waals surface area contributed by atoms with Crippen molar-refractivity contribution >= 4 is 17.3 Å². The van der Waals surface area contributed by atoms with Gasteiger partial charge in [-0.1, -0.05) is 11.8 Å². The van der Waals surface area contributed by atoms with Crippen molar-refractivity contribution in [1.82, 2.24) is 29.6 Å². The normalized spacial score (nSPS) is 10.9. The van der Waals surface area contributed by atoms with Gasteiger partial charge in [-0.15, -0.1) is 0 Å². The van der Waals surface area contributed by atoms with Crippen LogP contribution in [0.4, 0.5) is 4.39 Å². The van der Waals surface area contributed by atoms with Crippen molar-refractivity contribution in [3.63, 3.8) is 0 Å². The zero-order chi connectivity index (χ0) is 17.4. The van der Waals surface area contributed by atoms with Crippen LogP contribution in [0.5, 0.6) is 0 Å². The molecule has 0 radical (unpaired) electrons. The fourth-order valence-electron chi connectivity index (χ4n) is 2.41. The summed E-state index contributed by atoms with van der Waals surface area (Å²) in [5, 5.41) is 22.1. The third-order valence-corrected chi connectivity index (χ3v) is 4.55. The molecular formula is C16H10FN7S. The maximum Gasteiger partial charge on any atom is 0.155 e. The summed E-state index contributed by atoms with van der Waals surface area (Å²) in [4.78, 5) is 6.18. The van der Waals surface area contributed by atoms with Gasteiger partial charge in [0.15, 0.2) is 5.82 Å². The van der Waals surface area contributed by atoms with Crippen molar-refractivity contribution in [1.29, 1.82) is 5.26 Å².